The standard InChI is InChI=1S/C27H25NO4/c1-17-8-11-23(29)21(14-17)28(22-15-18(2)9-12-24(22)30)20-6-4-5-7-26(20)32-27-16-19(3)10-13-25(27)31/h4-16,29-31H,1-3H3. The van der Waals surface area contributed by atoms with Crippen molar-refractivity contribution >= 4 is 17.1 Å². The third-order valence-corrected chi connectivity index (χ3v) is 5.19. The third kappa shape index (κ3) is 4.18. The molecular formula is C27H25NO4. The van der Waals surface area contributed by atoms with E-state index in [1.54, 1.807) is 41.3 Å². The first kappa shape index (κ1) is 21.1. The molecule has 0 fully saturated rings. The second-order valence-corrected chi connectivity index (χ2v) is 7.86. The average Bonchev–Trinajstić information content (AvgIpc) is 2.77. The van der Waals surface area contributed by atoms with Crippen molar-refractivity contribution in [3.05, 3.63) is 95.6 Å². The molecule has 162 valence electrons. The molecule has 0 aliphatic rings. The van der Waals surface area contributed by atoms with Crippen molar-refractivity contribution in [2.24, 2.45) is 0 Å². The van der Waals surface area contributed by atoms with Crippen molar-refractivity contribution in [2.45, 2.75) is 20.8 Å². The van der Waals surface area contributed by atoms with Crippen LogP contribution in [0.5, 0.6) is 28.7 Å². The van der Waals surface area contributed by atoms with Crippen LogP contribution < -0.4 is 9.64 Å². The monoisotopic (exact) mass is 427 g/mol. The quantitative estimate of drug-likeness (QED) is 0.320. The summed E-state index contributed by atoms with van der Waals surface area (Å²) >= 11 is 0. The Bertz CT molecular complexity index is 1230. The molecule has 0 aromatic heterocycles. The summed E-state index contributed by atoms with van der Waals surface area (Å²) in [5, 5.41) is 31.8. The molecule has 0 bridgehead atoms. The number of phenols is 3. The lowest BCUT2D eigenvalue weighted by Crippen LogP contribution is -2.12. The normalized spacial score (nSPS) is 10.7. The van der Waals surface area contributed by atoms with Gasteiger partial charge in [0.2, 0.25) is 0 Å². The molecule has 0 radical (unpaired) electrons. The van der Waals surface area contributed by atoms with E-state index >= 15 is 0 Å². The first-order valence-corrected chi connectivity index (χ1v) is 10.3. The van der Waals surface area contributed by atoms with Crippen LogP contribution in [0, 0.1) is 20.8 Å². The molecule has 0 saturated carbocycles. The Labute approximate surface area is 187 Å². The first-order valence-electron chi connectivity index (χ1n) is 10.3. The highest BCUT2D eigenvalue weighted by Crippen LogP contribution is 2.48. The van der Waals surface area contributed by atoms with Crippen LogP contribution in [0.4, 0.5) is 17.1 Å². The highest BCUT2D eigenvalue weighted by atomic mass is 16.5. The van der Waals surface area contributed by atoms with Crippen molar-refractivity contribution < 1.29 is 20.1 Å². The highest BCUT2D eigenvalue weighted by molar-refractivity contribution is 5.86. The van der Waals surface area contributed by atoms with Crippen LogP contribution in [0.25, 0.3) is 0 Å². The van der Waals surface area contributed by atoms with Crippen LogP contribution >= 0.6 is 0 Å². The van der Waals surface area contributed by atoms with Crippen LogP contribution in [0.2, 0.25) is 0 Å². The molecule has 32 heavy (non-hydrogen) atoms. The Balaban J connectivity index is 1.94. The van der Waals surface area contributed by atoms with E-state index in [1.165, 1.54) is 0 Å². The number of hydrogen-bond acceptors (Lipinski definition) is 5. The SMILES string of the molecule is Cc1ccc(O)c(Oc2ccccc2N(c2cc(C)ccc2O)c2cc(C)ccc2O)c1. The number of rotatable bonds is 5. The van der Waals surface area contributed by atoms with Crippen molar-refractivity contribution in [2.75, 3.05) is 4.90 Å². The van der Waals surface area contributed by atoms with E-state index in [9.17, 15) is 15.3 Å². The van der Waals surface area contributed by atoms with Gasteiger partial charge in [-0.1, -0.05) is 30.3 Å². The number of aromatic hydroxyl groups is 3. The number of anilines is 3. The summed E-state index contributed by atoms with van der Waals surface area (Å²) in [6.45, 7) is 5.79. The maximum atomic E-state index is 10.7. The largest absolute Gasteiger partial charge is 0.506 e. The van der Waals surface area contributed by atoms with Gasteiger partial charge in [0.05, 0.1) is 17.1 Å². The number of aryl methyl sites for hydroxylation is 3. The second-order valence-electron chi connectivity index (χ2n) is 7.86. The molecule has 5 heteroatoms. The van der Waals surface area contributed by atoms with Gasteiger partial charge >= 0.3 is 0 Å². The molecular weight excluding hydrogens is 402 g/mol. The highest BCUT2D eigenvalue weighted by Gasteiger charge is 2.23. The summed E-state index contributed by atoms with van der Waals surface area (Å²) in [6, 6.07) is 23.0. The lowest BCUT2D eigenvalue weighted by atomic mass is 10.1. The van der Waals surface area contributed by atoms with Gasteiger partial charge < -0.3 is 20.1 Å². The number of phenolic OH excluding ortho intramolecular Hbond substituents is 3. The van der Waals surface area contributed by atoms with Gasteiger partial charge in [-0.05, 0) is 86.0 Å². The minimum atomic E-state index is 0.0220. The van der Waals surface area contributed by atoms with Gasteiger partial charge in [0.1, 0.15) is 11.5 Å². The molecule has 0 heterocycles. The van der Waals surface area contributed by atoms with Gasteiger partial charge in [-0.3, -0.25) is 4.90 Å². The summed E-state index contributed by atoms with van der Waals surface area (Å²) in [7, 11) is 0. The zero-order valence-corrected chi connectivity index (χ0v) is 18.2. The van der Waals surface area contributed by atoms with E-state index < -0.39 is 0 Å². The van der Waals surface area contributed by atoms with E-state index in [0.29, 0.717) is 28.6 Å². The Kier molecular flexibility index (Phi) is 5.65. The lowest BCUT2D eigenvalue weighted by molar-refractivity contribution is 0.411. The van der Waals surface area contributed by atoms with Gasteiger partial charge in [-0.15, -0.1) is 0 Å². The van der Waals surface area contributed by atoms with Gasteiger partial charge in [0.15, 0.2) is 17.2 Å². The Morgan fingerprint density at radius 1 is 0.531 bits per heavy atom. The molecule has 0 unspecified atom stereocenters. The minimum absolute atomic E-state index is 0.0220. The number of nitrogens with zero attached hydrogens (tertiary/aromatic N) is 1. The van der Waals surface area contributed by atoms with Crippen molar-refractivity contribution in [1.29, 1.82) is 0 Å². The molecule has 0 spiro atoms. The van der Waals surface area contributed by atoms with Gasteiger partial charge in [-0.25, -0.2) is 0 Å². The molecule has 0 atom stereocenters. The predicted molar refractivity (Wildman–Crippen MR) is 127 cm³/mol. The Morgan fingerprint density at radius 3 is 1.62 bits per heavy atom. The lowest BCUT2D eigenvalue weighted by Gasteiger charge is -2.29. The van der Waals surface area contributed by atoms with Crippen molar-refractivity contribution in [3.8, 4) is 28.7 Å². The summed E-state index contributed by atoms with van der Waals surface area (Å²) in [6.07, 6.45) is 0. The van der Waals surface area contributed by atoms with Crippen LogP contribution in [-0.4, -0.2) is 15.3 Å². The van der Waals surface area contributed by atoms with E-state index in [1.807, 2.05) is 63.2 Å². The molecule has 0 saturated heterocycles. The van der Waals surface area contributed by atoms with E-state index in [4.69, 9.17) is 4.74 Å². The van der Waals surface area contributed by atoms with Crippen LogP contribution in [0.15, 0.2) is 78.9 Å². The molecule has 4 rings (SSSR count). The zero-order chi connectivity index (χ0) is 22.8. The van der Waals surface area contributed by atoms with Crippen molar-refractivity contribution in [1.82, 2.24) is 0 Å². The summed E-state index contributed by atoms with van der Waals surface area (Å²) in [5.74, 6) is 0.915. The van der Waals surface area contributed by atoms with Crippen molar-refractivity contribution in [3.63, 3.8) is 0 Å². The summed E-state index contributed by atoms with van der Waals surface area (Å²) in [4.78, 5) is 1.76. The van der Waals surface area contributed by atoms with E-state index in [2.05, 4.69) is 0 Å². The third-order valence-electron chi connectivity index (χ3n) is 5.19. The number of hydrogen-bond donors (Lipinski definition) is 3. The molecule has 0 aliphatic carbocycles. The fourth-order valence-corrected chi connectivity index (χ4v) is 3.56. The van der Waals surface area contributed by atoms with Crippen LogP contribution in [-0.2, 0) is 0 Å². The Morgan fingerprint density at radius 2 is 1.03 bits per heavy atom. The summed E-state index contributed by atoms with van der Waals surface area (Å²) < 4.78 is 6.13. The molecule has 4 aromatic carbocycles. The number of para-hydroxylation sites is 2. The number of benzene rings is 4. The zero-order valence-electron chi connectivity index (χ0n) is 18.2. The predicted octanol–water partition coefficient (Wildman–Crippen LogP) is 6.99. The summed E-state index contributed by atoms with van der Waals surface area (Å²) in [5.41, 5.74) is 4.43. The maximum Gasteiger partial charge on any atom is 0.169 e. The van der Waals surface area contributed by atoms with E-state index in [-0.39, 0.29) is 17.2 Å². The van der Waals surface area contributed by atoms with Crippen LogP contribution in [0.1, 0.15) is 16.7 Å². The minimum Gasteiger partial charge on any atom is -0.506 e. The molecule has 5 nitrogen and oxygen atoms in total. The molecule has 4 aromatic rings. The van der Waals surface area contributed by atoms with Gasteiger partial charge in [0.25, 0.3) is 0 Å². The maximum absolute atomic E-state index is 10.7. The number of ether oxygens (including phenoxy) is 1. The van der Waals surface area contributed by atoms with Crippen LogP contribution in [0.3, 0.4) is 0 Å². The Hall–Kier alpha value is -4.12. The van der Waals surface area contributed by atoms with Gasteiger partial charge in [-0.2, -0.15) is 0 Å². The second kappa shape index (κ2) is 8.55. The van der Waals surface area contributed by atoms with Gasteiger partial charge in [0, 0.05) is 0 Å². The smallest absolute Gasteiger partial charge is 0.169 e. The molecule has 0 amide bonds. The first-order chi connectivity index (χ1) is 15.3. The fourth-order valence-electron chi connectivity index (χ4n) is 3.56. The topological polar surface area (TPSA) is 73.2 Å². The molecule has 0 aliphatic heterocycles. The average molecular weight is 428 g/mol. The van der Waals surface area contributed by atoms with E-state index in [0.717, 1.165) is 16.7 Å². The fraction of sp³-hybridized carbons (Fsp3) is 0.111. The molecule has 3 N–H and O–H groups in total.